The summed E-state index contributed by atoms with van der Waals surface area (Å²) in [7, 11) is -1.44. The average molecular weight is 505 g/mol. The number of hydrogen-bond donors (Lipinski definition) is 3. The number of fused-ring (bicyclic) bond motifs is 1. The highest BCUT2D eigenvalue weighted by atomic mass is 32.2. The van der Waals surface area contributed by atoms with E-state index in [1.165, 1.54) is 6.42 Å². The predicted octanol–water partition coefficient (Wildman–Crippen LogP) is 4.23. The van der Waals surface area contributed by atoms with Crippen LogP contribution < -0.4 is 10.1 Å². The highest BCUT2D eigenvalue weighted by molar-refractivity contribution is 7.85. The van der Waals surface area contributed by atoms with Gasteiger partial charge < -0.3 is 20.1 Å². The molecule has 1 aliphatic rings. The first kappa shape index (κ1) is 24.1. The molecule has 186 valence electrons. The SMILES string of the molecule is O=C(NCCO)c1ccc(-c2nc3cc(OC4CCCCC4)c(S(=O)c4ccncc4)cc3[nH]2)cc1. The van der Waals surface area contributed by atoms with Crippen LogP contribution in [0, 0.1) is 0 Å². The van der Waals surface area contributed by atoms with Crippen LogP contribution in [0.2, 0.25) is 0 Å². The molecule has 1 unspecified atom stereocenters. The van der Waals surface area contributed by atoms with E-state index in [1.54, 1.807) is 36.7 Å². The van der Waals surface area contributed by atoms with Crippen molar-refractivity contribution in [2.75, 3.05) is 13.2 Å². The molecule has 4 aromatic rings. The van der Waals surface area contributed by atoms with Gasteiger partial charge in [-0.05, 0) is 56.0 Å². The molecule has 36 heavy (non-hydrogen) atoms. The lowest BCUT2D eigenvalue weighted by molar-refractivity contribution is 0.0944. The number of carbonyl (C=O) groups excluding carboxylic acids is 1. The lowest BCUT2D eigenvalue weighted by Gasteiger charge is -2.24. The maximum atomic E-state index is 13.5. The lowest BCUT2D eigenvalue weighted by Crippen LogP contribution is -2.26. The third-order valence-electron chi connectivity index (χ3n) is 6.27. The van der Waals surface area contributed by atoms with Crippen molar-refractivity contribution in [3.05, 3.63) is 66.5 Å². The summed E-state index contributed by atoms with van der Waals surface area (Å²) in [6.45, 7) is 0.0990. The van der Waals surface area contributed by atoms with Gasteiger partial charge in [-0.15, -0.1) is 0 Å². The maximum Gasteiger partial charge on any atom is 0.251 e. The minimum Gasteiger partial charge on any atom is -0.489 e. The molecule has 2 aromatic heterocycles. The quantitative estimate of drug-likeness (QED) is 0.331. The standard InChI is InChI=1S/C27H28N4O4S/c32-15-14-29-27(33)19-8-6-18(7-9-19)26-30-22-16-24(35-20-4-2-1-3-5-20)25(17-23(22)31-26)36(34)21-10-12-28-13-11-21/h6-13,16-17,20,32H,1-5,14-15H2,(H,29,33)(H,30,31). The molecule has 1 aliphatic carbocycles. The van der Waals surface area contributed by atoms with Gasteiger partial charge in [-0.25, -0.2) is 9.19 Å². The lowest BCUT2D eigenvalue weighted by atomic mass is 9.98. The number of aliphatic hydroxyl groups excluding tert-OH is 1. The van der Waals surface area contributed by atoms with Crippen LogP contribution in [-0.4, -0.2) is 49.4 Å². The van der Waals surface area contributed by atoms with Crippen LogP contribution in [0.3, 0.4) is 0 Å². The van der Waals surface area contributed by atoms with Gasteiger partial charge in [-0.2, -0.15) is 0 Å². The van der Waals surface area contributed by atoms with E-state index in [-0.39, 0.29) is 25.2 Å². The monoisotopic (exact) mass is 504 g/mol. The van der Waals surface area contributed by atoms with Crippen molar-refractivity contribution in [2.24, 2.45) is 0 Å². The first-order chi connectivity index (χ1) is 17.6. The smallest absolute Gasteiger partial charge is 0.251 e. The number of aromatic amines is 1. The van der Waals surface area contributed by atoms with E-state index in [0.717, 1.165) is 42.3 Å². The number of carbonyl (C=O) groups is 1. The Morgan fingerprint density at radius 3 is 2.56 bits per heavy atom. The van der Waals surface area contributed by atoms with Crippen LogP contribution in [0.5, 0.6) is 5.75 Å². The highest BCUT2D eigenvalue weighted by Gasteiger charge is 2.21. The zero-order chi connectivity index (χ0) is 24.9. The molecule has 2 heterocycles. The van der Waals surface area contributed by atoms with E-state index < -0.39 is 10.8 Å². The Bertz CT molecular complexity index is 1370. The van der Waals surface area contributed by atoms with Gasteiger partial charge in [0.15, 0.2) is 0 Å². The summed E-state index contributed by atoms with van der Waals surface area (Å²) < 4.78 is 19.9. The number of H-pyrrole nitrogens is 1. The fourth-order valence-electron chi connectivity index (χ4n) is 4.39. The maximum absolute atomic E-state index is 13.5. The Kier molecular flexibility index (Phi) is 7.39. The molecule has 8 nitrogen and oxygen atoms in total. The van der Waals surface area contributed by atoms with Gasteiger partial charge in [0.1, 0.15) is 11.6 Å². The van der Waals surface area contributed by atoms with Gasteiger partial charge in [0, 0.05) is 41.0 Å². The molecule has 0 spiro atoms. The van der Waals surface area contributed by atoms with Crippen LogP contribution in [0.25, 0.3) is 22.4 Å². The molecule has 5 rings (SSSR count). The van der Waals surface area contributed by atoms with Gasteiger partial charge in [-0.1, -0.05) is 18.6 Å². The van der Waals surface area contributed by atoms with Gasteiger partial charge in [-0.3, -0.25) is 9.78 Å². The van der Waals surface area contributed by atoms with Crippen molar-refractivity contribution in [3.8, 4) is 17.1 Å². The summed E-state index contributed by atoms with van der Waals surface area (Å²) in [5.41, 5.74) is 2.79. The predicted molar refractivity (Wildman–Crippen MR) is 137 cm³/mol. The molecule has 0 aliphatic heterocycles. The first-order valence-electron chi connectivity index (χ1n) is 12.1. The Morgan fingerprint density at radius 2 is 1.83 bits per heavy atom. The number of benzene rings is 2. The van der Waals surface area contributed by atoms with Gasteiger partial charge in [0.25, 0.3) is 5.91 Å². The van der Waals surface area contributed by atoms with Crippen molar-refractivity contribution in [1.82, 2.24) is 20.3 Å². The summed E-state index contributed by atoms with van der Waals surface area (Å²) in [6, 6.07) is 14.3. The van der Waals surface area contributed by atoms with Crippen molar-refractivity contribution in [2.45, 2.75) is 48.0 Å². The Balaban J connectivity index is 1.49. The number of pyridine rings is 1. The molecular weight excluding hydrogens is 476 g/mol. The Morgan fingerprint density at radius 1 is 1.08 bits per heavy atom. The molecule has 0 bridgehead atoms. The second-order valence-electron chi connectivity index (χ2n) is 8.79. The number of nitrogens with one attached hydrogen (secondary N) is 2. The van der Waals surface area contributed by atoms with E-state index >= 15 is 0 Å². The Hall–Kier alpha value is -3.56. The van der Waals surface area contributed by atoms with Crippen molar-refractivity contribution in [3.63, 3.8) is 0 Å². The number of nitrogens with zero attached hydrogens (tertiary/aromatic N) is 2. The van der Waals surface area contributed by atoms with E-state index in [1.807, 2.05) is 24.3 Å². The van der Waals surface area contributed by atoms with Crippen LogP contribution in [0.1, 0.15) is 42.5 Å². The van der Waals surface area contributed by atoms with Crippen LogP contribution >= 0.6 is 0 Å². The van der Waals surface area contributed by atoms with Gasteiger partial charge in [0.2, 0.25) is 0 Å². The molecule has 2 aromatic carbocycles. The van der Waals surface area contributed by atoms with Gasteiger partial charge >= 0.3 is 0 Å². The molecule has 1 atom stereocenters. The van der Waals surface area contributed by atoms with Gasteiger partial charge in [0.05, 0.1) is 39.4 Å². The summed E-state index contributed by atoms with van der Waals surface area (Å²) in [6.07, 6.45) is 8.84. The minimum absolute atomic E-state index is 0.104. The number of imidazole rings is 1. The topological polar surface area (TPSA) is 117 Å². The third-order valence-corrected chi connectivity index (χ3v) is 7.69. The fraction of sp³-hybridized carbons (Fsp3) is 0.296. The van der Waals surface area contributed by atoms with Crippen molar-refractivity contribution in [1.29, 1.82) is 0 Å². The van der Waals surface area contributed by atoms with E-state index in [0.29, 0.717) is 26.9 Å². The number of aromatic nitrogens is 3. The van der Waals surface area contributed by atoms with Crippen LogP contribution in [0.4, 0.5) is 0 Å². The number of rotatable bonds is 8. The van der Waals surface area contributed by atoms with E-state index in [9.17, 15) is 9.00 Å². The average Bonchev–Trinajstić information content (AvgIpc) is 3.35. The minimum atomic E-state index is -1.44. The zero-order valence-corrected chi connectivity index (χ0v) is 20.6. The van der Waals surface area contributed by atoms with E-state index in [4.69, 9.17) is 14.8 Å². The largest absolute Gasteiger partial charge is 0.489 e. The van der Waals surface area contributed by atoms with E-state index in [2.05, 4.69) is 15.3 Å². The molecule has 0 saturated heterocycles. The molecule has 0 radical (unpaired) electrons. The molecule has 1 fully saturated rings. The third kappa shape index (κ3) is 5.32. The number of aliphatic hydroxyl groups is 1. The normalized spacial score (nSPS) is 15.0. The molecule has 9 heteroatoms. The summed E-state index contributed by atoms with van der Waals surface area (Å²) >= 11 is 0. The molecule has 1 amide bonds. The molecule has 1 saturated carbocycles. The molecular formula is C27H28N4O4S. The second kappa shape index (κ2) is 11.0. The first-order valence-corrected chi connectivity index (χ1v) is 13.3. The highest BCUT2D eigenvalue weighted by Crippen LogP contribution is 2.34. The molecule has 3 N–H and O–H groups in total. The van der Waals surface area contributed by atoms with Crippen molar-refractivity contribution >= 4 is 27.7 Å². The zero-order valence-electron chi connectivity index (χ0n) is 19.8. The number of amides is 1. The number of hydrogen-bond acceptors (Lipinski definition) is 6. The Labute approximate surface area is 211 Å². The summed E-state index contributed by atoms with van der Waals surface area (Å²) in [5.74, 6) is 0.995. The van der Waals surface area contributed by atoms with Crippen molar-refractivity contribution < 1.29 is 18.8 Å². The summed E-state index contributed by atoms with van der Waals surface area (Å²) in [5, 5.41) is 11.5. The summed E-state index contributed by atoms with van der Waals surface area (Å²) in [4.78, 5) is 25.5. The second-order valence-corrected chi connectivity index (χ2v) is 10.2. The van der Waals surface area contributed by atoms with Crippen LogP contribution in [-0.2, 0) is 10.8 Å². The van der Waals surface area contributed by atoms with Crippen LogP contribution in [0.15, 0.2) is 70.7 Å². The fourth-order valence-corrected chi connectivity index (χ4v) is 5.53. The number of ether oxygens (including phenoxy) is 1.